The van der Waals surface area contributed by atoms with Gasteiger partial charge in [-0.15, -0.1) is 24.0 Å². The molecular formula is C12H14Cl3N5. The standard InChI is InChI=1S/C12H13Cl2N5.ClH/c13-2-1-8-15-9-10(16-8)17-12(14)18-11(9)19-5-6-3-7(19)4-6;/h6-7H,1-5H2,(H,15,16,17,18);1H. The molecule has 0 spiro atoms. The van der Waals surface area contributed by atoms with E-state index in [1.165, 1.54) is 12.8 Å². The molecule has 3 fully saturated rings. The summed E-state index contributed by atoms with van der Waals surface area (Å²) in [5.74, 6) is 3.06. The van der Waals surface area contributed by atoms with E-state index in [2.05, 4.69) is 24.8 Å². The van der Waals surface area contributed by atoms with E-state index >= 15 is 0 Å². The Labute approximate surface area is 132 Å². The van der Waals surface area contributed by atoms with Gasteiger partial charge in [-0.25, -0.2) is 4.98 Å². The molecule has 5 nitrogen and oxygen atoms in total. The number of rotatable bonds is 3. The molecule has 5 rings (SSSR count). The number of aryl methyl sites for hydroxylation is 1. The highest BCUT2D eigenvalue weighted by molar-refractivity contribution is 6.28. The number of nitrogens with zero attached hydrogens (tertiary/aromatic N) is 4. The number of alkyl halides is 1. The third-order valence-corrected chi connectivity index (χ3v) is 4.42. The molecule has 2 saturated heterocycles. The second-order valence-corrected chi connectivity index (χ2v) is 6.00. The molecule has 2 aromatic heterocycles. The average Bonchev–Trinajstić information content (AvgIpc) is 2.98. The number of hydrogen-bond acceptors (Lipinski definition) is 4. The Morgan fingerprint density at radius 3 is 2.70 bits per heavy atom. The van der Waals surface area contributed by atoms with E-state index in [1.54, 1.807) is 0 Å². The van der Waals surface area contributed by atoms with Crippen molar-refractivity contribution in [3.8, 4) is 0 Å². The zero-order valence-electron chi connectivity index (χ0n) is 10.6. The Kier molecular flexibility index (Phi) is 3.69. The third-order valence-electron chi connectivity index (χ3n) is 4.06. The first-order chi connectivity index (χ1) is 9.24. The molecule has 1 N–H and O–H groups in total. The fourth-order valence-electron chi connectivity index (χ4n) is 3.10. The highest BCUT2D eigenvalue weighted by Gasteiger charge is 2.44. The fraction of sp³-hybridized carbons (Fsp3) is 0.583. The van der Waals surface area contributed by atoms with Gasteiger partial charge in [-0.2, -0.15) is 9.97 Å². The number of imidazole rings is 1. The normalized spacial score (nSPS) is 23.8. The molecule has 8 heteroatoms. The zero-order valence-corrected chi connectivity index (χ0v) is 13.0. The number of halogens is 3. The lowest BCUT2D eigenvalue weighted by Gasteiger charge is -2.26. The van der Waals surface area contributed by atoms with Gasteiger partial charge in [0.05, 0.1) is 0 Å². The van der Waals surface area contributed by atoms with Crippen LogP contribution < -0.4 is 4.90 Å². The molecule has 4 heterocycles. The molecule has 0 unspecified atom stereocenters. The number of aromatic amines is 1. The van der Waals surface area contributed by atoms with Crippen LogP contribution in [0.15, 0.2) is 0 Å². The summed E-state index contributed by atoms with van der Waals surface area (Å²) in [6, 6.07) is 0.604. The van der Waals surface area contributed by atoms with Crippen molar-refractivity contribution in [1.82, 2.24) is 19.9 Å². The minimum absolute atomic E-state index is 0. The summed E-state index contributed by atoms with van der Waals surface area (Å²) in [7, 11) is 0. The highest BCUT2D eigenvalue weighted by Crippen LogP contribution is 2.44. The number of hydrogen-bond donors (Lipinski definition) is 1. The Bertz CT molecular complexity index is 637. The SMILES string of the molecule is Cl.ClCCc1nc2c(N3CC4CC3C4)nc(Cl)nc2[nH]1. The maximum Gasteiger partial charge on any atom is 0.226 e. The smallest absolute Gasteiger partial charge is 0.226 e. The van der Waals surface area contributed by atoms with Crippen molar-refractivity contribution < 1.29 is 0 Å². The van der Waals surface area contributed by atoms with Gasteiger partial charge in [-0.05, 0) is 30.4 Å². The van der Waals surface area contributed by atoms with Crippen LogP contribution in [0, 0.1) is 5.92 Å². The van der Waals surface area contributed by atoms with Crippen LogP contribution in [0.5, 0.6) is 0 Å². The number of anilines is 1. The second-order valence-electron chi connectivity index (χ2n) is 5.28. The van der Waals surface area contributed by atoms with E-state index in [4.69, 9.17) is 23.2 Å². The molecule has 2 bridgehead atoms. The molecule has 1 saturated carbocycles. The first-order valence-electron chi connectivity index (χ1n) is 6.49. The van der Waals surface area contributed by atoms with Gasteiger partial charge < -0.3 is 9.88 Å². The predicted molar refractivity (Wildman–Crippen MR) is 82.2 cm³/mol. The molecule has 3 aliphatic rings. The van der Waals surface area contributed by atoms with Crippen LogP contribution in [0.3, 0.4) is 0 Å². The molecule has 2 aliphatic heterocycles. The first-order valence-corrected chi connectivity index (χ1v) is 7.40. The van der Waals surface area contributed by atoms with Crippen molar-refractivity contribution in [3.05, 3.63) is 11.1 Å². The molecule has 108 valence electrons. The second kappa shape index (κ2) is 5.20. The van der Waals surface area contributed by atoms with E-state index < -0.39 is 0 Å². The Hall–Kier alpha value is -0.780. The van der Waals surface area contributed by atoms with Gasteiger partial charge in [0.25, 0.3) is 0 Å². The first kappa shape index (κ1) is 14.2. The van der Waals surface area contributed by atoms with Crippen LogP contribution in [0.4, 0.5) is 5.82 Å². The minimum Gasteiger partial charge on any atom is -0.351 e. The monoisotopic (exact) mass is 333 g/mol. The van der Waals surface area contributed by atoms with E-state index in [-0.39, 0.29) is 17.7 Å². The Balaban J connectivity index is 0.00000121. The van der Waals surface area contributed by atoms with Gasteiger partial charge in [-0.1, -0.05) is 0 Å². The quantitative estimate of drug-likeness (QED) is 0.692. The Morgan fingerprint density at radius 1 is 1.25 bits per heavy atom. The maximum atomic E-state index is 6.03. The molecule has 0 amide bonds. The molecule has 2 aromatic rings. The summed E-state index contributed by atoms with van der Waals surface area (Å²) in [6.45, 7) is 1.06. The summed E-state index contributed by atoms with van der Waals surface area (Å²) >= 11 is 11.8. The van der Waals surface area contributed by atoms with Crippen molar-refractivity contribution in [2.45, 2.75) is 25.3 Å². The van der Waals surface area contributed by atoms with Gasteiger partial charge in [0.2, 0.25) is 5.28 Å². The van der Waals surface area contributed by atoms with Gasteiger partial charge >= 0.3 is 0 Å². The summed E-state index contributed by atoms with van der Waals surface area (Å²) in [4.78, 5) is 18.7. The number of H-pyrrole nitrogens is 1. The van der Waals surface area contributed by atoms with Gasteiger partial charge in [0, 0.05) is 24.9 Å². The summed E-state index contributed by atoms with van der Waals surface area (Å²) in [5, 5.41) is 0.271. The van der Waals surface area contributed by atoms with Crippen LogP contribution >= 0.6 is 35.6 Å². The van der Waals surface area contributed by atoms with Crippen molar-refractivity contribution in [3.63, 3.8) is 0 Å². The lowest BCUT2D eigenvalue weighted by molar-refractivity contribution is 0.380. The number of fused-ring (bicyclic) bond motifs is 2. The van der Waals surface area contributed by atoms with Crippen LogP contribution in [0.25, 0.3) is 11.2 Å². The van der Waals surface area contributed by atoms with E-state index in [0.717, 1.165) is 29.6 Å². The Morgan fingerprint density at radius 2 is 2.05 bits per heavy atom. The zero-order chi connectivity index (χ0) is 13.0. The van der Waals surface area contributed by atoms with Gasteiger partial charge in [0.1, 0.15) is 5.82 Å². The minimum atomic E-state index is 0. The predicted octanol–water partition coefficient (Wildman–Crippen LogP) is 2.81. The van der Waals surface area contributed by atoms with E-state index in [9.17, 15) is 0 Å². The van der Waals surface area contributed by atoms with Crippen molar-refractivity contribution in [2.24, 2.45) is 5.92 Å². The van der Waals surface area contributed by atoms with Gasteiger partial charge in [0.15, 0.2) is 17.0 Å². The highest BCUT2D eigenvalue weighted by atomic mass is 35.5. The van der Waals surface area contributed by atoms with Crippen LogP contribution in [-0.2, 0) is 6.42 Å². The topological polar surface area (TPSA) is 57.7 Å². The molecule has 0 atom stereocenters. The maximum absolute atomic E-state index is 6.03. The lowest BCUT2D eigenvalue weighted by Crippen LogP contribution is -2.29. The van der Waals surface area contributed by atoms with E-state index in [1.807, 2.05) is 0 Å². The summed E-state index contributed by atoms with van der Waals surface area (Å²) in [6.07, 6.45) is 3.23. The van der Waals surface area contributed by atoms with Crippen LogP contribution in [0.1, 0.15) is 18.7 Å². The van der Waals surface area contributed by atoms with Crippen LogP contribution in [0.2, 0.25) is 5.28 Å². The fourth-order valence-corrected chi connectivity index (χ4v) is 3.45. The lowest BCUT2D eigenvalue weighted by atomic mass is 9.86. The van der Waals surface area contributed by atoms with Crippen molar-refractivity contribution >= 4 is 52.6 Å². The summed E-state index contributed by atoms with van der Waals surface area (Å²) < 4.78 is 0. The summed E-state index contributed by atoms with van der Waals surface area (Å²) in [5.41, 5.74) is 1.52. The average molecular weight is 335 g/mol. The molecule has 1 aliphatic carbocycles. The molecule has 0 radical (unpaired) electrons. The molecule has 20 heavy (non-hydrogen) atoms. The van der Waals surface area contributed by atoms with Crippen LogP contribution in [-0.4, -0.2) is 38.4 Å². The van der Waals surface area contributed by atoms with E-state index in [0.29, 0.717) is 24.0 Å². The van der Waals surface area contributed by atoms with Gasteiger partial charge in [-0.3, -0.25) is 0 Å². The largest absolute Gasteiger partial charge is 0.351 e. The van der Waals surface area contributed by atoms with Crippen molar-refractivity contribution in [2.75, 3.05) is 17.3 Å². The number of nitrogens with one attached hydrogen (secondary N) is 1. The third kappa shape index (κ3) is 2.12. The number of aromatic nitrogens is 4. The molecule has 0 aromatic carbocycles. The van der Waals surface area contributed by atoms with Crippen molar-refractivity contribution in [1.29, 1.82) is 0 Å². The molecular weight excluding hydrogens is 321 g/mol.